The van der Waals surface area contributed by atoms with E-state index in [1.165, 1.54) is 11.3 Å². The van der Waals surface area contributed by atoms with Gasteiger partial charge < -0.3 is 5.32 Å². The summed E-state index contributed by atoms with van der Waals surface area (Å²) in [4.78, 5) is 22.6. The zero-order valence-electron chi connectivity index (χ0n) is 12.3. The maximum absolute atomic E-state index is 12.1. The highest BCUT2D eigenvalue weighted by atomic mass is 32.1. The van der Waals surface area contributed by atoms with Gasteiger partial charge in [-0.05, 0) is 43.0 Å². The van der Waals surface area contributed by atoms with Gasteiger partial charge in [0.15, 0.2) is 0 Å². The summed E-state index contributed by atoms with van der Waals surface area (Å²) in [5.74, 6) is -0.0335. The molecule has 112 valence electrons. The van der Waals surface area contributed by atoms with Crippen molar-refractivity contribution in [3.8, 4) is 10.6 Å². The zero-order chi connectivity index (χ0) is 15.5. The van der Waals surface area contributed by atoms with E-state index in [1.54, 1.807) is 23.7 Å². The summed E-state index contributed by atoms with van der Waals surface area (Å²) in [6, 6.07) is 5.79. The van der Waals surface area contributed by atoms with E-state index in [4.69, 9.17) is 0 Å². The normalized spacial score (nSPS) is 10.6. The highest BCUT2D eigenvalue weighted by Crippen LogP contribution is 2.27. The fraction of sp³-hybridized carbons (Fsp3) is 0.188. The van der Waals surface area contributed by atoms with Crippen LogP contribution in [0.25, 0.3) is 10.6 Å². The first kappa shape index (κ1) is 14.9. The van der Waals surface area contributed by atoms with Gasteiger partial charge in [0.1, 0.15) is 5.01 Å². The first-order valence-corrected chi connectivity index (χ1v) is 8.53. The highest BCUT2D eigenvalue weighted by Gasteiger charge is 2.12. The van der Waals surface area contributed by atoms with Crippen LogP contribution >= 0.6 is 22.7 Å². The van der Waals surface area contributed by atoms with Crippen molar-refractivity contribution in [3.05, 3.63) is 57.0 Å². The van der Waals surface area contributed by atoms with Crippen LogP contribution < -0.4 is 5.32 Å². The van der Waals surface area contributed by atoms with Crippen LogP contribution in [-0.4, -0.2) is 15.9 Å². The molecule has 3 aromatic rings. The molecule has 6 heteroatoms. The Morgan fingerprint density at radius 2 is 2.23 bits per heavy atom. The molecule has 0 spiro atoms. The minimum absolute atomic E-state index is 0.0335. The average Bonchev–Trinajstić information content (AvgIpc) is 3.12. The molecule has 0 unspecified atom stereocenters. The Balaban J connectivity index is 1.71. The van der Waals surface area contributed by atoms with Gasteiger partial charge in [-0.15, -0.1) is 22.7 Å². The summed E-state index contributed by atoms with van der Waals surface area (Å²) in [5.41, 5.74) is 3.07. The van der Waals surface area contributed by atoms with E-state index < -0.39 is 0 Å². The molecule has 0 bridgehead atoms. The molecule has 3 heterocycles. The maximum Gasteiger partial charge on any atom is 0.261 e. The van der Waals surface area contributed by atoms with Crippen LogP contribution in [0.3, 0.4) is 0 Å². The molecule has 1 N–H and O–H groups in total. The minimum Gasteiger partial charge on any atom is -0.346 e. The Morgan fingerprint density at radius 3 is 2.91 bits per heavy atom. The van der Waals surface area contributed by atoms with E-state index in [-0.39, 0.29) is 5.91 Å². The number of rotatable bonds is 4. The van der Waals surface area contributed by atoms with Crippen molar-refractivity contribution in [1.29, 1.82) is 0 Å². The third kappa shape index (κ3) is 3.23. The second kappa shape index (κ2) is 6.37. The molecule has 0 atom stereocenters. The third-order valence-corrected chi connectivity index (χ3v) is 5.42. The van der Waals surface area contributed by atoms with Gasteiger partial charge in [0.05, 0.1) is 17.1 Å². The predicted octanol–water partition coefficient (Wildman–Crippen LogP) is 3.81. The molecule has 22 heavy (non-hydrogen) atoms. The number of thiophene rings is 1. The lowest BCUT2D eigenvalue weighted by atomic mass is 10.3. The highest BCUT2D eigenvalue weighted by molar-refractivity contribution is 7.15. The molecule has 0 radical (unpaired) electrons. The van der Waals surface area contributed by atoms with E-state index in [0.717, 1.165) is 31.6 Å². The second-order valence-electron chi connectivity index (χ2n) is 4.94. The minimum atomic E-state index is -0.0335. The van der Waals surface area contributed by atoms with Crippen LogP contribution in [0.5, 0.6) is 0 Å². The molecule has 0 saturated heterocycles. The quantitative estimate of drug-likeness (QED) is 0.792. The van der Waals surface area contributed by atoms with E-state index >= 15 is 0 Å². The average molecular weight is 329 g/mol. The van der Waals surface area contributed by atoms with Crippen LogP contribution in [0, 0.1) is 13.8 Å². The van der Waals surface area contributed by atoms with Gasteiger partial charge in [0.25, 0.3) is 5.91 Å². The van der Waals surface area contributed by atoms with Crippen molar-refractivity contribution >= 4 is 28.6 Å². The Morgan fingerprint density at radius 1 is 1.36 bits per heavy atom. The SMILES string of the molecule is Cc1csc(C(=O)NCc2sc(-c3cccnc3)nc2C)c1. The van der Waals surface area contributed by atoms with Crippen molar-refractivity contribution in [2.24, 2.45) is 0 Å². The second-order valence-corrected chi connectivity index (χ2v) is 6.94. The van der Waals surface area contributed by atoms with Crippen LogP contribution in [0.4, 0.5) is 0 Å². The van der Waals surface area contributed by atoms with Crippen LogP contribution in [0.1, 0.15) is 25.8 Å². The molecule has 3 rings (SSSR count). The number of nitrogens with one attached hydrogen (secondary N) is 1. The lowest BCUT2D eigenvalue weighted by molar-refractivity contribution is 0.0955. The van der Waals surface area contributed by atoms with E-state index in [1.807, 2.05) is 37.4 Å². The van der Waals surface area contributed by atoms with Gasteiger partial charge in [-0.2, -0.15) is 0 Å². The lowest BCUT2D eigenvalue weighted by Crippen LogP contribution is -2.21. The van der Waals surface area contributed by atoms with Crippen molar-refractivity contribution in [3.63, 3.8) is 0 Å². The Kier molecular flexibility index (Phi) is 4.31. The monoisotopic (exact) mass is 329 g/mol. The molecule has 0 saturated carbocycles. The van der Waals surface area contributed by atoms with Gasteiger partial charge in [-0.3, -0.25) is 9.78 Å². The Bertz CT molecular complexity index is 793. The van der Waals surface area contributed by atoms with Crippen molar-refractivity contribution in [1.82, 2.24) is 15.3 Å². The summed E-state index contributed by atoms with van der Waals surface area (Å²) in [5, 5.41) is 5.87. The Hall–Kier alpha value is -2.05. The van der Waals surface area contributed by atoms with Gasteiger partial charge >= 0.3 is 0 Å². The maximum atomic E-state index is 12.1. The number of amides is 1. The van der Waals surface area contributed by atoms with Crippen LogP contribution in [0.2, 0.25) is 0 Å². The molecule has 0 aliphatic carbocycles. The van der Waals surface area contributed by atoms with Gasteiger partial charge in [-0.25, -0.2) is 4.98 Å². The number of aromatic nitrogens is 2. The molecule has 4 nitrogen and oxygen atoms in total. The summed E-state index contributed by atoms with van der Waals surface area (Å²) < 4.78 is 0. The number of hydrogen-bond acceptors (Lipinski definition) is 5. The summed E-state index contributed by atoms with van der Waals surface area (Å²) >= 11 is 3.06. The molecule has 0 aliphatic heterocycles. The van der Waals surface area contributed by atoms with E-state index in [9.17, 15) is 4.79 Å². The van der Waals surface area contributed by atoms with Crippen LogP contribution in [0.15, 0.2) is 36.0 Å². The fourth-order valence-corrected chi connectivity index (χ4v) is 3.81. The summed E-state index contributed by atoms with van der Waals surface area (Å²) in [7, 11) is 0. The molecular formula is C16H15N3OS2. The number of aryl methyl sites for hydroxylation is 2. The first-order chi connectivity index (χ1) is 10.6. The first-order valence-electron chi connectivity index (χ1n) is 6.83. The standard InChI is InChI=1S/C16H15N3OS2/c1-10-6-13(21-9-10)15(20)18-8-14-11(2)19-16(22-14)12-4-3-5-17-7-12/h3-7,9H,8H2,1-2H3,(H,18,20). The molecule has 3 aromatic heterocycles. The van der Waals surface area contributed by atoms with E-state index in [2.05, 4.69) is 15.3 Å². The number of hydrogen-bond donors (Lipinski definition) is 1. The largest absolute Gasteiger partial charge is 0.346 e. The van der Waals surface area contributed by atoms with Crippen molar-refractivity contribution in [2.45, 2.75) is 20.4 Å². The number of nitrogens with zero attached hydrogens (tertiary/aromatic N) is 2. The van der Waals surface area contributed by atoms with Gasteiger partial charge in [0.2, 0.25) is 0 Å². The molecule has 0 fully saturated rings. The van der Waals surface area contributed by atoms with E-state index in [0.29, 0.717) is 6.54 Å². The van der Waals surface area contributed by atoms with Gasteiger partial charge in [0, 0.05) is 22.8 Å². The number of carbonyl (C=O) groups is 1. The fourth-order valence-electron chi connectivity index (χ4n) is 2.00. The molecule has 0 aromatic carbocycles. The summed E-state index contributed by atoms with van der Waals surface area (Å²) in [6.07, 6.45) is 3.54. The molecule has 1 amide bonds. The number of pyridine rings is 1. The number of carbonyl (C=O) groups excluding carboxylic acids is 1. The summed E-state index contributed by atoms with van der Waals surface area (Å²) in [6.45, 7) is 4.45. The molecular weight excluding hydrogens is 314 g/mol. The zero-order valence-corrected chi connectivity index (χ0v) is 13.9. The third-order valence-electron chi connectivity index (χ3n) is 3.16. The van der Waals surface area contributed by atoms with Crippen LogP contribution in [-0.2, 0) is 6.54 Å². The Labute approximate surface area is 136 Å². The topological polar surface area (TPSA) is 54.9 Å². The predicted molar refractivity (Wildman–Crippen MR) is 90.3 cm³/mol. The smallest absolute Gasteiger partial charge is 0.261 e. The lowest BCUT2D eigenvalue weighted by Gasteiger charge is -2.01. The van der Waals surface area contributed by atoms with Crippen molar-refractivity contribution < 1.29 is 4.79 Å². The van der Waals surface area contributed by atoms with Crippen molar-refractivity contribution in [2.75, 3.05) is 0 Å². The van der Waals surface area contributed by atoms with Gasteiger partial charge in [-0.1, -0.05) is 0 Å². The number of thiazole rings is 1. The molecule has 0 aliphatic rings.